The predicted octanol–water partition coefficient (Wildman–Crippen LogP) is 5.78. The van der Waals surface area contributed by atoms with E-state index in [-0.39, 0.29) is 0 Å². The molecule has 0 aliphatic heterocycles. The molecule has 0 fully saturated rings. The second kappa shape index (κ2) is 7.03. The summed E-state index contributed by atoms with van der Waals surface area (Å²) in [4.78, 5) is 9.26. The molecular weight excluding hydrogens is 336 g/mol. The molecule has 0 amide bonds. The third-order valence-electron chi connectivity index (χ3n) is 3.42. The van der Waals surface area contributed by atoms with E-state index in [1.807, 2.05) is 60.0 Å². The molecule has 0 saturated carbocycles. The van der Waals surface area contributed by atoms with Crippen molar-refractivity contribution < 1.29 is 4.74 Å². The van der Waals surface area contributed by atoms with Crippen LogP contribution in [0.3, 0.4) is 0 Å². The van der Waals surface area contributed by atoms with Crippen LogP contribution in [0.5, 0.6) is 11.6 Å². The number of hydrogen-bond acceptors (Lipinski definition) is 5. The van der Waals surface area contributed by atoms with E-state index in [1.165, 1.54) is 5.56 Å². The van der Waals surface area contributed by atoms with Gasteiger partial charge in [-0.05, 0) is 29.1 Å². The summed E-state index contributed by atoms with van der Waals surface area (Å²) in [6.07, 6.45) is 0. The summed E-state index contributed by atoms with van der Waals surface area (Å²) >= 11 is 3.22. The molecule has 0 N–H and O–H groups in total. The van der Waals surface area contributed by atoms with E-state index in [1.54, 1.807) is 23.1 Å². The normalized spacial score (nSPS) is 10.8. The number of thiophene rings is 1. The molecular formula is C19H14N2OS2. The van der Waals surface area contributed by atoms with Crippen LogP contribution in [0.25, 0.3) is 10.2 Å². The molecule has 118 valence electrons. The SMILES string of the molecule is c1ccc(CSc2nc(Oc3ccccc3)c3sccc3n2)cc1. The van der Waals surface area contributed by atoms with Crippen LogP contribution < -0.4 is 4.74 Å². The molecule has 2 aromatic heterocycles. The minimum absolute atomic E-state index is 0.622. The third kappa shape index (κ3) is 3.42. The summed E-state index contributed by atoms with van der Waals surface area (Å²) < 4.78 is 6.96. The van der Waals surface area contributed by atoms with E-state index in [2.05, 4.69) is 22.1 Å². The fraction of sp³-hybridized carbons (Fsp3) is 0.0526. The van der Waals surface area contributed by atoms with E-state index in [0.717, 1.165) is 26.9 Å². The molecule has 0 bridgehead atoms. The van der Waals surface area contributed by atoms with Crippen molar-refractivity contribution >= 4 is 33.3 Å². The van der Waals surface area contributed by atoms with Gasteiger partial charge in [-0.2, -0.15) is 4.98 Å². The summed E-state index contributed by atoms with van der Waals surface area (Å²) in [7, 11) is 0. The van der Waals surface area contributed by atoms with Gasteiger partial charge in [0.05, 0.1) is 5.52 Å². The van der Waals surface area contributed by atoms with Crippen molar-refractivity contribution in [3.05, 3.63) is 77.7 Å². The van der Waals surface area contributed by atoms with Crippen molar-refractivity contribution in [2.75, 3.05) is 0 Å². The maximum absolute atomic E-state index is 5.99. The molecule has 0 aliphatic rings. The summed E-state index contributed by atoms with van der Waals surface area (Å²) in [5, 5.41) is 2.75. The number of ether oxygens (including phenoxy) is 1. The summed E-state index contributed by atoms with van der Waals surface area (Å²) in [6.45, 7) is 0. The molecule has 4 rings (SSSR count). The first-order valence-corrected chi connectivity index (χ1v) is 9.40. The molecule has 0 spiro atoms. The van der Waals surface area contributed by atoms with Crippen LogP contribution in [0, 0.1) is 0 Å². The average Bonchev–Trinajstić information content (AvgIpc) is 3.11. The van der Waals surface area contributed by atoms with Gasteiger partial charge in [0.2, 0.25) is 5.88 Å². The quantitative estimate of drug-likeness (QED) is 0.338. The smallest absolute Gasteiger partial charge is 0.241 e. The van der Waals surface area contributed by atoms with Gasteiger partial charge in [-0.3, -0.25) is 0 Å². The molecule has 24 heavy (non-hydrogen) atoms. The van der Waals surface area contributed by atoms with Crippen LogP contribution in [0.15, 0.2) is 77.3 Å². The lowest BCUT2D eigenvalue weighted by Crippen LogP contribution is -1.93. The molecule has 0 saturated heterocycles. The third-order valence-corrected chi connectivity index (χ3v) is 5.23. The second-order valence-electron chi connectivity index (χ2n) is 5.14. The minimum atomic E-state index is 0.622. The number of para-hydroxylation sites is 1. The van der Waals surface area contributed by atoms with Gasteiger partial charge in [-0.25, -0.2) is 4.98 Å². The van der Waals surface area contributed by atoms with Crippen LogP contribution in [-0.4, -0.2) is 9.97 Å². The Balaban J connectivity index is 1.62. The molecule has 0 atom stereocenters. The number of hydrogen-bond donors (Lipinski definition) is 0. The Bertz CT molecular complexity index is 939. The van der Waals surface area contributed by atoms with Crippen LogP contribution in [0.1, 0.15) is 5.56 Å². The molecule has 4 aromatic rings. The molecule has 0 radical (unpaired) electrons. The molecule has 2 aromatic carbocycles. The number of rotatable bonds is 5. The Morgan fingerprint density at radius 2 is 1.62 bits per heavy atom. The number of fused-ring (bicyclic) bond motifs is 1. The number of benzene rings is 2. The minimum Gasteiger partial charge on any atom is -0.437 e. The van der Waals surface area contributed by atoms with E-state index in [9.17, 15) is 0 Å². The van der Waals surface area contributed by atoms with Gasteiger partial charge in [0, 0.05) is 5.75 Å². The maximum Gasteiger partial charge on any atom is 0.241 e. The highest BCUT2D eigenvalue weighted by atomic mass is 32.2. The summed E-state index contributed by atoms with van der Waals surface area (Å²) in [6, 6.07) is 22.1. The molecule has 0 aliphatic carbocycles. The van der Waals surface area contributed by atoms with Crippen LogP contribution in [0.2, 0.25) is 0 Å². The van der Waals surface area contributed by atoms with Gasteiger partial charge < -0.3 is 4.74 Å². The highest BCUT2D eigenvalue weighted by Crippen LogP contribution is 2.33. The topological polar surface area (TPSA) is 35.0 Å². The average molecular weight is 350 g/mol. The van der Waals surface area contributed by atoms with Crippen molar-refractivity contribution in [3.8, 4) is 11.6 Å². The highest BCUT2D eigenvalue weighted by molar-refractivity contribution is 7.98. The molecule has 5 heteroatoms. The van der Waals surface area contributed by atoms with Gasteiger partial charge in [-0.1, -0.05) is 60.3 Å². The Hall–Kier alpha value is -2.37. The zero-order valence-corrected chi connectivity index (χ0v) is 14.4. The molecule has 2 heterocycles. The lowest BCUT2D eigenvalue weighted by Gasteiger charge is -2.07. The van der Waals surface area contributed by atoms with Crippen molar-refractivity contribution in [3.63, 3.8) is 0 Å². The van der Waals surface area contributed by atoms with Gasteiger partial charge in [0.1, 0.15) is 10.4 Å². The Morgan fingerprint density at radius 3 is 2.42 bits per heavy atom. The van der Waals surface area contributed by atoms with Crippen LogP contribution >= 0.6 is 23.1 Å². The highest BCUT2D eigenvalue weighted by Gasteiger charge is 2.12. The first-order chi connectivity index (χ1) is 11.9. The zero-order valence-electron chi connectivity index (χ0n) is 12.8. The Labute approximate surface area is 148 Å². The lowest BCUT2D eigenvalue weighted by molar-refractivity contribution is 0.464. The van der Waals surface area contributed by atoms with Crippen molar-refractivity contribution in [1.82, 2.24) is 9.97 Å². The van der Waals surface area contributed by atoms with Crippen LogP contribution in [0.4, 0.5) is 0 Å². The number of nitrogens with zero attached hydrogens (tertiary/aromatic N) is 2. The van der Waals surface area contributed by atoms with Gasteiger partial charge in [0.25, 0.3) is 0 Å². The van der Waals surface area contributed by atoms with Gasteiger partial charge >= 0.3 is 0 Å². The van der Waals surface area contributed by atoms with Crippen molar-refractivity contribution in [2.45, 2.75) is 10.9 Å². The Kier molecular flexibility index (Phi) is 4.44. The number of thioether (sulfide) groups is 1. The fourth-order valence-corrected chi connectivity index (χ4v) is 3.83. The van der Waals surface area contributed by atoms with E-state index in [0.29, 0.717) is 5.88 Å². The standard InChI is InChI=1S/C19H14N2OS2/c1-3-7-14(8-4-1)13-24-19-20-16-11-12-23-17(16)18(21-19)22-15-9-5-2-6-10-15/h1-12H,13H2. The first-order valence-electron chi connectivity index (χ1n) is 7.53. The van der Waals surface area contributed by atoms with Gasteiger partial charge in [0.15, 0.2) is 5.16 Å². The molecule has 0 unspecified atom stereocenters. The van der Waals surface area contributed by atoms with Gasteiger partial charge in [-0.15, -0.1) is 11.3 Å². The lowest BCUT2D eigenvalue weighted by atomic mass is 10.2. The van der Waals surface area contributed by atoms with Crippen molar-refractivity contribution in [2.24, 2.45) is 0 Å². The van der Waals surface area contributed by atoms with E-state index >= 15 is 0 Å². The maximum atomic E-state index is 5.99. The van der Waals surface area contributed by atoms with Crippen LogP contribution in [-0.2, 0) is 5.75 Å². The fourth-order valence-electron chi connectivity index (χ4n) is 2.27. The van der Waals surface area contributed by atoms with E-state index in [4.69, 9.17) is 4.74 Å². The Morgan fingerprint density at radius 1 is 0.875 bits per heavy atom. The zero-order chi connectivity index (χ0) is 16.2. The summed E-state index contributed by atoms with van der Waals surface area (Å²) in [5.41, 5.74) is 2.18. The second-order valence-corrected chi connectivity index (χ2v) is 6.99. The largest absolute Gasteiger partial charge is 0.437 e. The monoisotopic (exact) mass is 350 g/mol. The summed E-state index contributed by atoms with van der Waals surface area (Å²) in [5.74, 6) is 2.24. The van der Waals surface area contributed by atoms with Crippen molar-refractivity contribution in [1.29, 1.82) is 0 Å². The molecule has 3 nitrogen and oxygen atoms in total. The predicted molar refractivity (Wildman–Crippen MR) is 99.9 cm³/mol. The first kappa shape index (κ1) is 15.2. The number of aromatic nitrogens is 2. The van der Waals surface area contributed by atoms with E-state index < -0.39 is 0 Å².